The summed E-state index contributed by atoms with van der Waals surface area (Å²) in [6.07, 6.45) is 0.920. The van der Waals surface area contributed by atoms with Gasteiger partial charge in [0.25, 0.3) is 5.91 Å². The van der Waals surface area contributed by atoms with Crippen LogP contribution in [-0.2, 0) is 6.54 Å². The van der Waals surface area contributed by atoms with Crippen molar-refractivity contribution in [3.8, 4) is 0 Å². The van der Waals surface area contributed by atoms with Gasteiger partial charge in [0.1, 0.15) is 5.82 Å². The van der Waals surface area contributed by atoms with E-state index >= 15 is 0 Å². The van der Waals surface area contributed by atoms with Gasteiger partial charge in [0.05, 0.1) is 15.1 Å². The molecule has 6 heteroatoms. The van der Waals surface area contributed by atoms with E-state index in [1.807, 2.05) is 16.0 Å². The summed E-state index contributed by atoms with van der Waals surface area (Å²) in [5.74, 6) is -0.523. The van der Waals surface area contributed by atoms with Crippen molar-refractivity contribution in [3.63, 3.8) is 0 Å². The first-order valence-corrected chi connectivity index (χ1v) is 8.30. The van der Waals surface area contributed by atoms with Crippen LogP contribution in [0, 0.1) is 5.82 Å². The molecule has 0 bridgehead atoms. The molecule has 1 aromatic carbocycles. The summed E-state index contributed by atoms with van der Waals surface area (Å²) < 4.78 is 16.1. The van der Waals surface area contributed by atoms with Crippen LogP contribution in [0.25, 0.3) is 10.2 Å². The molecule has 0 N–H and O–H groups in total. The van der Waals surface area contributed by atoms with Crippen LogP contribution in [0.2, 0.25) is 0 Å². The van der Waals surface area contributed by atoms with Crippen molar-refractivity contribution in [2.24, 2.45) is 4.99 Å². The van der Waals surface area contributed by atoms with Crippen LogP contribution in [-0.4, -0.2) is 10.5 Å². The van der Waals surface area contributed by atoms with E-state index in [1.54, 1.807) is 12.1 Å². The van der Waals surface area contributed by atoms with Gasteiger partial charge in [-0.2, -0.15) is 4.99 Å². The lowest BCUT2D eigenvalue weighted by Gasteiger charge is -2.02. The number of fused-ring (bicyclic) bond motifs is 1. The Hall–Kier alpha value is -1.79. The number of benzene rings is 1. The molecule has 0 unspecified atom stereocenters. The molecule has 3 nitrogen and oxygen atoms in total. The van der Waals surface area contributed by atoms with Crippen LogP contribution < -0.4 is 4.80 Å². The molecular weight excluding hydrogens is 307 g/mol. The van der Waals surface area contributed by atoms with Gasteiger partial charge in [0.2, 0.25) is 0 Å². The standard InChI is InChI=1S/C15H13FN2OS2/c1-2-7-18-11-6-5-10(16)9-13(11)21-15(18)17-14(19)12-4-3-8-20-12/h3-6,8-9H,2,7H2,1H3. The van der Waals surface area contributed by atoms with Crippen LogP contribution in [0.3, 0.4) is 0 Å². The number of aromatic nitrogens is 1. The van der Waals surface area contributed by atoms with E-state index < -0.39 is 0 Å². The summed E-state index contributed by atoms with van der Waals surface area (Å²) in [5, 5.41) is 1.85. The Morgan fingerprint density at radius 1 is 1.38 bits per heavy atom. The zero-order valence-corrected chi connectivity index (χ0v) is 13.0. The molecule has 0 aliphatic heterocycles. The molecule has 0 aliphatic carbocycles. The monoisotopic (exact) mass is 320 g/mol. The lowest BCUT2D eigenvalue weighted by molar-refractivity contribution is 0.100. The predicted molar refractivity (Wildman–Crippen MR) is 84.3 cm³/mol. The van der Waals surface area contributed by atoms with E-state index in [4.69, 9.17) is 0 Å². The Balaban J connectivity index is 2.16. The van der Waals surface area contributed by atoms with Crippen LogP contribution in [0.15, 0.2) is 40.7 Å². The summed E-state index contributed by atoms with van der Waals surface area (Å²) in [6.45, 7) is 2.81. The smallest absolute Gasteiger partial charge is 0.289 e. The van der Waals surface area contributed by atoms with Crippen molar-refractivity contribution in [1.29, 1.82) is 0 Å². The normalized spacial score (nSPS) is 12.2. The fourth-order valence-electron chi connectivity index (χ4n) is 2.11. The van der Waals surface area contributed by atoms with Crippen molar-refractivity contribution in [2.45, 2.75) is 19.9 Å². The van der Waals surface area contributed by atoms with Gasteiger partial charge in [-0.25, -0.2) is 4.39 Å². The Morgan fingerprint density at radius 3 is 2.95 bits per heavy atom. The number of carbonyl (C=O) groups excluding carboxylic acids is 1. The highest BCUT2D eigenvalue weighted by molar-refractivity contribution is 7.16. The fraction of sp³-hybridized carbons (Fsp3) is 0.200. The first-order chi connectivity index (χ1) is 10.2. The number of hydrogen-bond donors (Lipinski definition) is 0. The van der Waals surface area contributed by atoms with E-state index in [9.17, 15) is 9.18 Å². The lowest BCUT2D eigenvalue weighted by Crippen LogP contribution is -2.16. The van der Waals surface area contributed by atoms with E-state index in [1.165, 1.54) is 34.8 Å². The summed E-state index contributed by atoms with van der Waals surface area (Å²) in [4.78, 5) is 17.6. The number of rotatable bonds is 3. The lowest BCUT2D eigenvalue weighted by atomic mass is 10.3. The SMILES string of the molecule is CCCn1c(=NC(=O)c2cccs2)sc2cc(F)ccc21. The molecule has 108 valence electrons. The second kappa shape index (κ2) is 5.91. The van der Waals surface area contributed by atoms with Crippen molar-refractivity contribution in [1.82, 2.24) is 4.57 Å². The van der Waals surface area contributed by atoms with Crippen molar-refractivity contribution in [3.05, 3.63) is 51.2 Å². The van der Waals surface area contributed by atoms with Gasteiger partial charge in [-0.05, 0) is 36.1 Å². The molecule has 0 fully saturated rings. The number of hydrogen-bond acceptors (Lipinski definition) is 3. The zero-order chi connectivity index (χ0) is 14.8. The first kappa shape index (κ1) is 14.2. The highest BCUT2D eigenvalue weighted by Crippen LogP contribution is 2.19. The second-order valence-corrected chi connectivity index (χ2v) is 6.50. The van der Waals surface area contributed by atoms with Gasteiger partial charge >= 0.3 is 0 Å². The molecule has 0 aliphatic rings. The number of nitrogens with zero attached hydrogens (tertiary/aromatic N) is 2. The third kappa shape index (κ3) is 2.82. The van der Waals surface area contributed by atoms with E-state index in [0.29, 0.717) is 9.68 Å². The predicted octanol–water partition coefficient (Wildman–Crippen LogP) is 4.05. The third-order valence-corrected chi connectivity index (χ3v) is 4.92. The van der Waals surface area contributed by atoms with Crippen molar-refractivity contribution < 1.29 is 9.18 Å². The Kier molecular flexibility index (Phi) is 3.98. The molecule has 0 spiro atoms. The molecule has 3 rings (SSSR count). The van der Waals surface area contributed by atoms with Gasteiger partial charge < -0.3 is 4.57 Å². The number of thiazole rings is 1. The minimum Gasteiger partial charge on any atom is -0.316 e. The maximum absolute atomic E-state index is 13.4. The van der Waals surface area contributed by atoms with Gasteiger partial charge in [0.15, 0.2) is 4.80 Å². The van der Waals surface area contributed by atoms with Crippen LogP contribution in [0.4, 0.5) is 4.39 Å². The second-order valence-electron chi connectivity index (χ2n) is 4.54. The van der Waals surface area contributed by atoms with Crippen molar-refractivity contribution >= 4 is 38.8 Å². The van der Waals surface area contributed by atoms with E-state index in [-0.39, 0.29) is 11.7 Å². The fourth-order valence-corrected chi connectivity index (χ4v) is 3.80. The highest BCUT2D eigenvalue weighted by atomic mass is 32.1. The molecule has 0 atom stereocenters. The molecule has 0 radical (unpaired) electrons. The molecule has 21 heavy (non-hydrogen) atoms. The minimum atomic E-state index is -0.275. The summed E-state index contributed by atoms with van der Waals surface area (Å²) >= 11 is 2.71. The van der Waals surface area contributed by atoms with E-state index in [0.717, 1.165) is 23.2 Å². The highest BCUT2D eigenvalue weighted by Gasteiger charge is 2.10. The maximum Gasteiger partial charge on any atom is 0.289 e. The van der Waals surface area contributed by atoms with Crippen LogP contribution in [0.1, 0.15) is 23.0 Å². The molecular formula is C15H13FN2OS2. The van der Waals surface area contributed by atoms with Gasteiger partial charge in [0, 0.05) is 6.54 Å². The Morgan fingerprint density at radius 2 is 2.24 bits per heavy atom. The van der Waals surface area contributed by atoms with Gasteiger partial charge in [-0.1, -0.05) is 24.3 Å². The first-order valence-electron chi connectivity index (χ1n) is 6.60. The maximum atomic E-state index is 13.4. The van der Waals surface area contributed by atoms with E-state index in [2.05, 4.69) is 11.9 Å². The molecule has 1 amide bonds. The molecule has 2 heterocycles. The summed E-state index contributed by atoms with van der Waals surface area (Å²) in [7, 11) is 0. The number of carbonyl (C=O) groups is 1. The van der Waals surface area contributed by atoms with Crippen LogP contribution in [0.5, 0.6) is 0 Å². The van der Waals surface area contributed by atoms with Gasteiger partial charge in [-0.3, -0.25) is 4.79 Å². The third-order valence-electron chi connectivity index (χ3n) is 3.02. The number of aryl methyl sites for hydroxylation is 1. The average Bonchev–Trinajstić information content (AvgIpc) is 3.08. The topological polar surface area (TPSA) is 34.4 Å². The molecule has 2 aromatic heterocycles. The van der Waals surface area contributed by atoms with Gasteiger partial charge in [-0.15, -0.1) is 11.3 Å². The Labute approximate surface area is 129 Å². The van der Waals surface area contributed by atoms with Crippen molar-refractivity contribution in [2.75, 3.05) is 0 Å². The molecule has 0 saturated heterocycles. The minimum absolute atomic E-state index is 0.248. The molecule has 3 aromatic rings. The number of thiophene rings is 1. The number of halogens is 1. The Bertz CT molecular complexity index is 846. The number of amides is 1. The van der Waals surface area contributed by atoms with Crippen LogP contribution >= 0.6 is 22.7 Å². The molecule has 0 saturated carbocycles. The summed E-state index contributed by atoms with van der Waals surface area (Å²) in [6, 6.07) is 8.25. The largest absolute Gasteiger partial charge is 0.316 e. The quantitative estimate of drug-likeness (QED) is 0.717. The zero-order valence-electron chi connectivity index (χ0n) is 11.4. The summed E-state index contributed by atoms with van der Waals surface area (Å²) in [5.41, 5.74) is 0.918. The average molecular weight is 320 g/mol.